The SMILES string of the molecule is CC(C)(C)OC(=O)N1CCCCC1CC(N)C(=O)O. The molecule has 0 aliphatic carbocycles. The number of rotatable bonds is 3. The number of carboxylic acids is 1. The van der Waals surface area contributed by atoms with Gasteiger partial charge in [-0.1, -0.05) is 0 Å². The van der Waals surface area contributed by atoms with Crippen molar-refractivity contribution in [2.24, 2.45) is 5.73 Å². The molecule has 0 radical (unpaired) electrons. The molecule has 19 heavy (non-hydrogen) atoms. The zero-order chi connectivity index (χ0) is 14.6. The van der Waals surface area contributed by atoms with Crippen LogP contribution in [0.2, 0.25) is 0 Å². The lowest BCUT2D eigenvalue weighted by Gasteiger charge is -2.37. The van der Waals surface area contributed by atoms with E-state index in [1.807, 2.05) is 20.8 Å². The summed E-state index contributed by atoms with van der Waals surface area (Å²) in [6, 6.07) is -1.08. The molecule has 0 spiro atoms. The first-order valence-corrected chi connectivity index (χ1v) is 6.68. The van der Waals surface area contributed by atoms with Crippen LogP contribution in [0.4, 0.5) is 4.79 Å². The molecule has 6 nitrogen and oxygen atoms in total. The number of hydrogen-bond donors (Lipinski definition) is 2. The zero-order valence-electron chi connectivity index (χ0n) is 11.9. The minimum absolute atomic E-state index is 0.144. The molecule has 1 aliphatic rings. The predicted molar refractivity (Wildman–Crippen MR) is 70.8 cm³/mol. The third-order valence-electron chi connectivity index (χ3n) is 3.10. The van der Waals surface area contributed by atoms with Crippen molar-refractivity contribution in [2.45, 2.75) is 64.1 Å². The van der Waals surface area contributed by atoms with Crippen LogP contribution in [-0.2, 0) is 9.53 Å². The quantitative estimate of drug-likeness (QED) is 0.813. The van der Waals surface area contributed by atoms with E-state index in [-0.39, 0.29) is 18.6 Å². The summed E-state index contributed by atoms with van der Waals surface area (Å²) < 4.78 is 5.35. The van der Waals surface area contributed by atoms with Crippen molar-refractivity contribution in [3.8, 4) is 0 Å². The van der Waals surface area contributed by atoms with Crippen molar-refractivity contribution in [1.82, 2.24) is 4.90 Å². The molecule has 1 fully saturated rings. The zero-order valence-corrected chi connectivity index (χ0v) is 11.9. The third kappa shape index (κ3) is 5.06. The summed E-state index contributed by atoms with van der Waals surface area (Å²) >= 11 is 0. The van der Waals surface area contributed by atoms with Crippen molar-refractivity contribution >= 4 is 12.1 Å². The molecule has 2 atom stereocenters. The monoisotopic (exact) mass is 272 g/mol. The first-order valence-electron chi connectivity index (χ1n) is 6.68. The molecule has 0 saturated carbocycles. The van der Waals surface area contributed by atoms with Crippen LogP contribution < -0.4 is 5.73 Å². The Kier molecular flexibility index (Phi) is 5.17. The van der Waals surface area contributed by atoms with Crippen LogP contribution in [0.15, 0.2) is 0 Å². The number of carboxylic acid groups (broad SMARTS) is 1. The fourth-order valence-corrected chi connectivity index (χ4v) is 2.20. The Morgan fingerprint density at radius 3 is 2.58 bits per heavy atom. The molecule has 1 amide bonds. The Balaban J connectivity index is 2.67. The molecule has 110 valence electrons. The van der Waals surface area contributed by atoms with Gasteiger partial charge in [-0.3, -0.25) is 4.79 Å². The van der Waals surface area contributed by atoms with Crippen molar-refractivity contribution in [2.75, 3.05) is 6.54 Å². The number of piperidine rings is 1. The van der Waals surface area contributed by atoms with E-state index < -0.39 is 17.6 Å². The van der Waals surface area contributed by atoms with Crippen LogP contribution in [0, 0.1) is 0 Å². The number of hydrogen-bond acceptors (Lipinski definition) is 4. The lowest BCUT2D eigenvalue weighted by Crippen LogP contribution is -2.49. The van der Waals surface area contributed by atoms with E-state index >= 15 is 0 Å². The van der Waals surface area contributed by atoms with E-state index in [2.05, 4.69) is 0 Å². The molecule has 1 aliphatic heterocycles. The van der Waals surface area contributed by atoms with Gasteiger partial charge in [-0.15, -0.1) is 0 Å². The maximum Gasteiger partial charge on any atom is 0.410 e. The van der Waals surface area contributed by atoms with Gasteiger partial charge in [-0.25, -0.2) is 4.79 Å². The highest BCUT2D eigenvalue weighted by Crippen LogP contribution is 2.23. The van der Waals surface area contributed by atoms with E-state index in [9.17, 15) is 9.59 Å². The summed E-state index contributed by atoms with van der Waals surface area (Å²) in [5.74, 6) is -1.03. The molecule has 1 rings (SSSR count). The number of nitrogens with zero attached hydrogens (tertiary/aromatic N) is 1. The second-order valence-electron chi connectivity index (χ2n) is 6.00. The fourth-order valence-electron chi connectivity index (χ4n) is 2.20. The molecule has 1 heterocycles. The van der Waals surface area contributed by atoms with Crippen LogP contribution in [0.25, 0.3) is 0 Å². The van der Waals surface area contributed by atoms with Gasteiger partial charge >= 0.3 is 12.1 Å². The standard InChI is InChI=1S/C13H24N2O4/c1-13(2,3)19-12(18)15-7-5-4-6-9(15)8-10(14)11(16)17/h9-10H,4-8,14H2,1-3H3,(H,16,17). The summed E-state index contributed by atoms with van der Waals surface area (Å²) in [6.07, 6.45) is 2.57. The van der Waals surface area contributed by atoms with Gasteiger partial charge in [-0.2, -0.15) is 0 Å². The number of nitrogens with two attached hydrogens (primary N) is 1. The number of carbonyl (C=O) groups is 2. The van der Waals surface area contributed by atoms with Gasteiger partial charge in [0, 0.05) is 12.6 Å². The van der Waals surface area contributed by atoms with E-state index in [0.29, 0.717) is 6.54 Å². The van der Waals surface area contributed by atoms with E-state index in [0.717, 1.165) is 19.3 Å². The van der Waals surface area contributed by atoms with E-state index in [1.54, 1.807) is 4.90 Å². The maximum atomic E-state index is 12.1. The molecule has 2 unspecified atom stereocenters. The number of aliphatic carboxylic acids is 1. The van der Waals surface area contributed by atoms with Crippen molar-refractivity contribution in [1.29, 1.82) is 0 Å². The second kappa shape index (κ2) is 6.23. The summed E-state index contributed by atoms with van der Waals surface area (Å²) in [5, 5.41) is 8.86. The Hall–Kier alpha value is -1.30. The van der Waals surface area contributed by atoms with Gasteiger partial charge in [0.05, 0.1) is 0 Å². The average molecular weight is 272 g/mol. The van der Waals surface area contributed by atoms with Gasteiger partial charge in [0.25, 0.3) is 0 Å². The molecule has 1 saturated heterocycles. The number of carbonyl (C=O) groups excluding carboxylic acids is 1. The minimum Gasteiger partial charge on any atom is -0.480 e. The lowest BCUT2D eigenvalue weighted by molar-refractivity contribution is -0.139. The number of likely N-dealkylation sites (tertiary alicyclic amines) is 1. The Morgan fingerprint density at radius 2 is 2.05 bits per heavy atom. The van der Waals surface area contributed by atoms with E-state index in [1.165, 1.54) is 0 Å². The highest BCUT2D eigenvalue weighted by molar-refractivity contribution is 5.73. The molecule has 0 aromatic rings. The van der Waals surface area contributed by atoms with Crippen molar-refractivity contribution in [3.05, 3.63) is 0 Å². The maximum absolute atomic E-state index is 12.1. The topological polar surface area (TPSA) is 92.9 Å². The first kappa shape index (κ1) is 15.8. The Labute approximate surface area is 113 Å². The third-order valence-corrected chi connectivity index (χ3v) is 3.10. The highest BCUT2D eigenvalue weighted by atomic mass is 16.6. The molecule has 3 N–H and O–H groups in total. The number of ether oxygens (including phenoxy) is 1. The summed E-state index contributed by atoms with van der Waals surface area (Å²) in [7, 11) is 0. The normalized spacial score (nSPS) is 21.9. The molecular weight excluding hydrogens is 248 g/mol. The Bertz CT molecular complexity index is 338. The molecular formula is C13H24N2O4. The van der Waals surface area contributed by atoms with Gasteiger partial charge in [-0.05, 0) is 46.5 Å². The van der Waals surface area contributed by atoms with E-state index in [4.69, 9.17) is 15.6 Å². The summed E-state index contributed by atoms with van der Waals surface area (Å²) in [6.45, 7) is 6.04. The first-order chi connectivity index (χ1) is 8.70. The molecule has 0 aromatic heterocycles. The Morgan fingerprint density at radius 1 is 1.42 bits per heavy atom. The molecule has 0 bridgehead atoms. The van der Waals surface area contributed by atoms with Crippen molar-refractivity contribution in [3.63, 3.8) is 0 Å². The smallest absolute Gasteiger partial charge is 0.410 e. The molecule has 6 heteroatoms. The average Bonchev–Trinajstić information content (AvgIpc) is 2.27. The minimum atomic E-state index is -1.03. The van der Waals surface area contributed by atoms with Gasteiger partial charge in [0.15, 0.2) is 0 Å². The lowest BCUT2D eigenvalue weighted by atomic mass is 9.96. The van der Waals surface area contributed by atoms with Crippen LogP contribution in [0.3, 0.4) is 0 Å². The van der Waals surface area contributed by atoms with Crippen LogP contribution in [0.1, 0.15) is 46.5 Å². The van der Waals surface area contributed by atoms with Gasteiger partial charge in [0.2, 0.25) is 0 Å². The van der Waals surface area contributed by atoms with Crippen LogP contribution in [-0.4, -0.2) is 46.3 Å². The van der Waals surface area contributed by atoms with Crippen molar-refractivity contribution < 1.29 is 19.4 Å². The largest absolute Gasteiger partial charge is 0.480 e. The van der Waals surface area contributed by atoms with Crippen LogP contribution in [0.5, 0.6) is 0 Å². The summed E-state index contributed by atoms with van der Waals surface area (Å²) in [4.78, 5) is 24.5. The highest BCUT2D eigenvalue weighted by Gasteiger charge is 2.32. The fraction of sp³-hybridized carbons (Fsp3) is 0.846. The predicted octanol–water partition coefficient (Wildman–Crippen LogP) is 1.58. The second-order valence-corrected chi connectivity index (χ2v) is 6.00. The van der Waals surface area contributed by atoms with Crippen LogP contribution >= 0.6 is 0 Å². The van der Waals surface area contributed by atoms with Gasteiger partial charge < -0.3 is 20.5 Å². The summed E-state index contributed by atoms with van der Waals surface area (Å²) in [5.41, 5.74) is 5.01. The van der Waals surface area contributed by atoms with Gasteiger partial charge in [0.1, 0.15) is 11.6 Å². The number of amides is 1. The molecule has 0 aromatic carbocycles.